The lowest BCUT2D eigenvalue weighted by molar-refractivity contribution is -0.138. The molecule has 0 aliphatic heterocycles. The lowest BCUT2D eigenvalue weighted by atomic mass is 10.2. The van der Waals surface area contributed by atoms with Crippen LogP contribution in [-0.2, 0) is 24.3 Å². The Kier molecular flexibility index (Phi) is 6.45. The van der Waals surface area contributed by atoms with Crippen LogP contribution < -0.4 is 4.31 Å². The van der Waals surface area contributed by atoms with Gasteiger partial charge in [-0.2, -0.15) is 0 Å². The number of carbonyl (C=O) groups excluding carboxylic acids is 2. The summed E-state index contributed by atoms with van der Waals surface area (Å²) in [6.45, 7) is 1.04. The van der Waals surface area contributed by atoms with Crippen molar-refractivity contribution in [1.29, 1.82) is 0 Å². The normalized spacial score (nSPS) is 11.0. The number of hydrogen-bond donors (Lipinski definition) is 0. The molecule has 0 aromatic heterocycles. The Bertz CT molecular complexity index is 974. The maximum Gasteiger partial charge on any atom is 0.339 e. The first-order valence-corrected chi connectivity index (χ1v) is 9.57. The van der Waals surface area contributed by atoms with Crippen molar-refractivity contribution < 1.29 is 27.5 Å². The number of hydrogen-bond acceptors (Lipinski definition) is 6. The van der Waals surface area contributed by atoms with E-state index in [9.17, 15) is 18.0 Å². The predicted molar refractivity (Wildman–Crippen MR) is 101 cm³/mol. The summed E-state index contributed by atoms with van der Waals surface area (Å²) < 4.78 is 36.9. The van der Waals surface area contributed by atoms with E-state index in [2.05, 4.69) is 9.47 Å². The van der Waals surface area contributed by atoms with Gasteiger partial charge in [-0.25, -0.2) is 13.2 Å². The van der Waals surface area contributed by atoms with Gasteiger partial charge in [-0.1, -0.05) is 29.8 Å². The summed E-state index contributed by atoms with van der Waals surface area (Å²) in [5.41, 5.74) is 0.518. The van der Waals surface area contributed by atoms with Crippen molar-refractivity contribution in [2.75, 3.05) is 25.1 Å². The summed E-state index contributed by atoms with van der Waals surface area (Å²) >= 11 is 6.12. The molecule has 0 amide bonds. The first-order chi connectivity index (χ1) is 12.7. The van der Waals surface area contributed by atoms with E-state index >= 15 is 0 Å². The number of benzene rings is 2. The first kappa shape index (κ1) is 20.7. The van der Waals surface area contributed by atoms with Crippen LogP contribution >= 0.6 is 11.6 Å². The molecule has 0 aliphatic rings. The molecule has 2 aromatic carbocycles. The third kappa shape index (κ3) is 4.23. The van der Waals surface area contributed by atoms with Gasteiger partial charge in [-0.05, 0) is 36.8 Å². The lowest BCUT2D eigenvalue weighted by Crippen LogP contribution is -2.37. The Balaban J connectivity index is 2.70. The minimum atomic E-state index is -4.31. The van der Waals surface area contributed by atoms with E-state index in [1.807, 2.05) is 0 Å². The molecule has 0 aliphatic carbocycles. The molecule has 9 heteroatoms. The van der Waals surface area contributed by atoms with Crippen LogP contribution in [0.2, 0.25) is 5.02 Å². The monoisotopic (exact) mass is 411 g/mol. The fourth-order valence-electron chi connectivity index (χ4n) is 2.44. The van der Waals surface area contributed by atoms with Crippen molar-refractivity contribution in [2.24, 2.45) is 0 Å². The highest BCUT2D eigenvalue weighted by Gasteiger charge is 2.32. The number of carbonyl (C=O) groups is 2. The molecule has 0 radical (unpaired) electrons. The first-order valence-electron chi connectivity index (χ1n) is 7.76. The maximum atomic E-state index is 13.4. The highest BCUT2D eigenvalue weighted by Crippen LogP contribution is 2.32. The van der Waals surface area contributed by atoms with Crippen molar-refractivity contribution in [3.63, 3.8) is 0 Å². The Labute approximate surface area is 162 Å². The molecule has 0 N–H and O–H groups in total. The van der Waals surface area contributed by atoms with Crippen molar-refractivity contribution in [1.82, 2.24) is 0 Å². The molecule has 0 heterocycles. The summed E-state index contributed by atoms with van der Waals surface area (Å²) in [5.74, 6) is -1.58. The smallest absolute Gasteiger partial charge is 0.339 e. The Morgan fingerprint density at radius 1 is 1.04 bits per heavy atom. The zero-order valence-corrected chi connectivity index (χ0v) is 16.5. The standard InChI is InChI=1S/C18H18ClNO6S/c1-12-14(19)8-6-9-15(12)20(11-17(21)25-2)27(23,24)16-10-5-4-7-13(16)18(22)26-3/h4-10H,11H2,1-3H3. The molecular formula is C18H18ClNO6S. The average molecular weight is 412 g/mol. The van der Waals surface area contributed by atoms with Gasteiger partial charge in [-0.3, -0.25) is 9.10 Å². The number of esters is 2. The van der Waals surface area contributed by atoms with Crippen molar-refractivity contribution >= 4 is 39.3 Å². The fraction of sp³-hybridized carbons (Fsp3) is 0.222. The predicted octanol–water partition coefficient (Wildman–Crippen LogP) is 2.80. The molecule has 0 saturated heterocycles. The largest absolute Gasteiger partial charge is 0.468 e. The summed E-state index contributed by atoms with van der Waals surface area (Å²) in [7, 11) is -2.01. The highest BCUT2D eigenvalue weighted by molar-refractivity contribution is 7.93. The zero-order chi connectivity index (χ0) is 20.2. The zero-order valence-electron chi connectivity index (χ0n) is 14.9. The fourth-order valence-corrected chi connectivity index (χ4v) is 4.26. The third-order valence-corrected chi connectivity index (χ3v) is 6.10. The van der Waals surface area contributed by atoms with Crippen molar-refractivity contribution in [3.8, 4) is 0 Å². The molecular weight excluding hydrogens is 394 g/mol. The molecule has 0 fully saturated rings. The molecule has 0 atom stereocenters. The van der Waals surface area contributed by atoms with Gasteiger partial charge in [-0.15, -0.1) is 0 Å². The Morgan fingerprint density at radius 2 is 1.70 bits per heavy atom. The molecule has 27 heavy (non-hydrogen) atoms. The van der Waals surface area contributed by atoms with Crippen LogP contribution in [0.15, 0.2) is 47.4 Å². The van der Waals surface area contributed by atoms with Gasteiger partial charge < -0.3 is 9.47 Å². The second-order valence-corrected chi connectivity index (χ2v) is 7.70. The molecule has 7 nitrogen and oxygen atoms in total. The summed E-state index contributed by atoms with van der Waals surface area (Å²) in [5, 5.41) is 0.332. The Hall–Kier alpha value is -2.58. The summed E-state index contributed by atoms with van der Waals surface area (Å²) in [6, 6.07) is 10.3. The van der Waals surface area contributed by atoms with E-state index in [-0.39, 0.29) is 16.1 Å². The van der Waals surface area contributed by atoms with Gasteiger partial charge in [0.15, 0.2) is 0 Å². The number of anilines is 1. The van der Waals surface area contributed by atoms with E-state index in [0.29, 0.717) is 10.6 Å². The Morgan fingerprint density at radius 3 is 2.33 bits per heavy atom. The number of sulfonamides is 1. The molecule has 144 valence electrons. The molecule has 0 unspecified atom stereocenters. The van der Waals surface area contributed by atoms with Gasteiger partial charge in [0, 0.05) is 5.02 Å². The molecule has 0 saturated carbocycles. The van der Waals surface area contributed by atoms with Crippen molar-refractivity contribution in [2.45, 2.75) is 11.8 Å². The molecule has 2 rings (SSSR count). The topological polar surface area (TPSA) is 90.0 Å². The molecule has 0 bridgehead atoms. The lowest BCUT2D eigenvalue weighted by Gasteiger charge is -2.26. The minimum Gasteiger partial charge on any atom is -0.468 e. The van der Waals surface area contributed by atoms with Crippen LogP contribution in [0.4, 0.5) is 5.69 Å². The van der Waals surface area contributed by atoms with E-state index in [4.69, 9.17) is 11.6 Å². The van der Waals surface area contributed by atoms with E-state index in [1.165, 1.54) is 30.3 Å². The van der Waals surface area contributed by atoms with Crippen LogP contribution in [0.25, 0.3) is 0 Å². The van der Waals surface area contributed by atoms with Crippen LogP contribution in [0, 0.1) is 6.92 Å². The van der Waals surface area contributed by atoms with Gasteiger partial charge >= 0.3 is 11.9 Å². The summed E-state index contributed by atoms with van der Waals surface area (Å²) in [4.78, 5) is 23.6. The average Bonchev–Trinajstić information content (AvgIpc) is 2.67. The number of nitrogens with zero attached hydrogens (tertiary/aromatic N) is 1. The van der Waals surface area contributed by atoms with Crippen LogP contribution in [0.5, 0.6) is 0 Å². The van der Waals surface area contributed by atoms with Crippen molar-refractivity contribution in [3.05, 3.63) is 58.6 Å². The van der Waals surface area contributed by atoms with Crippen LogP contribution in [-0.4, -0.2) is 41.1 Å². The summed E-state index contributed by atoms with van der Waals surface area (Å²) in [6.07, 6.45) is 0. The van der Waals surface area contributed by atoms with E-state index < -0.39 is 28.5 Å². The van der Waals surface area contributed by atoms with Gasteiger partial charge in [0.05, 0.1) is 25.5 Å². The number of rotatable bonds is 6. The quantitative estimate of drug-likeness (QED) is 0.679. The van der Waals surface area contributed by atoms with Gasteiger partial charge in [0.25, 0.3) is 10.0 Å². The van der Waals surface area contributed by atoms with E-state index in [0.717, 1.165) is 18.5 Å². The van der Waals surface area contributed by atoms with Crippen LogP contribution in [0.1, 0.15) is 15.9 Å². The number of ether oxygens (including phenoxy) is 2. The second-order valence-electron chi connectivity index (χ2n) is 5.46. The molecule has 2 aromatic rings. The molecule has 0 spiro atoms. The maximum absolute atomic E-state index is 13.4. The SMILES string of the molecule is COC(=O)CN(c1cccc(Cl)c1C)S(=O)(=O)c1ccccc1C(=O)OC. The second kappa shape index (κ2) is 8.41. The number of halogens is 1. The third-order valence-electron chi connectivity index (χ3n) is 3.87. The minimum absolute atomic E-state index is 0.144. The highest BCUT2D eigenvalue weighted by atomic mass is 35.5. The number of methoxy groups -OCH3 is 2. The van der Waals surface area contributed by atoms with E-state index in [1.54, 1.807) is 19.1 Å². The van der Waals surface area contributed by atoms with Crippen LogP contribution in [0.3, 0.4) is 0 Å². The van der Waals surface area contributed by atoms with Gasteiger partial charge in [0.2, 0.25) is 0 Å². The van der Waals surface area contributed by atoms with Gasteiger partial charge in [0.1, 0.15) is 11.4 Å².